The first-order valence-corrected chi connectivity index (χ1v) is 8.30. The number of nitro groups is 1. The number of carbonyl (C=O) groups excluding carboxylic acids is 1. The molecular formula is C20H18N2O5. The molecule has 7 heteroatoms. The Morgan fingerprint density at radius 3 is 2.59 bits per heavy atom. The van der Waals surface area contributed by atoms with Crippen molar-refractivity contribution in [2.24, 2.45) is 0 Å². The molecular weight excluding hydrogens is 348 g/mol. The molecule has 1 heterocycles. The van der Waals surface area contributed by atoms with Crippen LogP contribution in [0, 0.1) is 17.0 Å². The topological polar surface area (TPSA) is 94.6 Å². The first-order chi connectivity index (χ1) is 13.0. The predicted molar refractivity (Wildman–Crippen MR) is 98.5 cm³/mol. The Hall–Kier alpha value is -3.61. The van der Waals surface area contributed by atoms with Crippen molar-refractivity contribution in [2.75, 3.05) is 6.61 Å². The van der Waals surface area contributed by atoms with Gasteiger partial charge in [0, 0.05) is 11.6 Å². The third kappa shape index (κ3) is 4.52. The number of amides is 1. The summed E-state index contributed by atoms with van der Waals surface area (Å²) in [6, 6.07) is 16.9. The number of ether oxygens (including phenoxy) is 1. The molecule has 138 valence electrons. The van der Waals surface area contributed by atoms with Gasteiger partial charge in [0.25, 0.3) is 11.6 Å². The first kappa shape index (κ1) is 18.2. The minimum Gasteiger partial charge on any atom is -0.484 e. The molecule has 27 heavy (non-hydrogen) atoms. The molecule has 0 aliphatic heterocycles. The number of aryl methyl sites for hydroxylation is 1. The van der Waals surface area contributed by atoms with Gasteiger partial charge in [0.15, 0.2) is 6.61 Å². The summed E-state index contributed by atoms with van der Waals surface area (Å²) >= 11 is 0. The van der Waals surface area contributed by atoms with E-state index in [2.05, 4.69) is 5.32 Å². The zero-order chi connectivity index (χ0) is 19.2. The van der Waals surface area contributed by atoms with Crippen LogP contribution in [0.5, 0.6) is 5.75 Å². The van der Waals surface area contributed by atoms with E-state index in [9.17, 15) is 14.9 Å². The fourth-order valence-electron chi connectivity index (χ4n) is 2.69. The second kappa shape index (κ2) is 8.18. The molecule has 1 atom stereocenters. The summed E-state index contributed by atoms with van der Waals surface area (Å²) < 4.78 is 10.9. The van der Waals surface area contributed by atoms with Crippen molar-refractivity contribution in [3.8, 4) is 5.75 Å². The fourth-order valence-corrected chi connectivity index (χ4v) is 2.69. The van der Waals surface area contributed by atoms with Crippen LogP contribution in [0.3, 0.4) is 0 Å². The van der Waals surface area contributed by atoms with E-state index in [-0.39, 0.29) is 18.2 Å². The van der Waals surface area contributed by atoms with E-state index in [4.69, 9.17) is 9.15 Å². The van der Waals surface area contributed by atoms with E-state index < -0.39 is 11.0 Å². The van der Waals surface area contributed by atoms with Gasteiger partial charge < -0.3 is 14.5 Å². The van der Waals surface area contributed by atoms with Crippen molar-refractivity contribution in [3.05, 3.63) is 93.9 Å². The average molecular weight is 366 g/mol. The Kier molecular flexibility index (Phi) is 5.51. The van der Waals surface area contributed by atoms with Crippen LogP contribution in [0.15, 0.2) is 71.3 Å². The van der Waals surface area contributed by atoms with Crippen LogP contribution in [-0.4, -0.2) is 17.4 Å². The highest BCUT2D eigenvalue weighted by Crippen LogP contribution is 2.24. The SMILES string of the molecule is Cc1cc(OCC(=O)NC(c2ccccc2)c2ccco2)ccc1[N+](=O)[O-]. The Labute approximate surface area is 155 Å². The van der Waals surface area contributed by atoms with Crippen LogP contribution in [0.25, 0.3) is 0 Å². The molecule has 0 radical (unpaired) electrons. The molecule has 0 spiro atoms. The number of benzene rings is 2. The van der Waals surface area contributed by atoms with E-state index in [0.717, 1.165) is 5.56 Å². The van der Waals surface area contributed by atoms with Gasteiger partial charge in [0.05, 0.1) is 11.2 Å². The summed E-state index contributed by atoms with van der Waals surface area (Å²) in [7, 11) is 0. The van der Waals surface area contributed by atoms with Gasteiger partial charge in [-0.05, 0) is 36.8 Å². The largest absolute Gasteiger partial charge is 0.484 e. The van der Waals surface area contributed by atoms with Crippen LogP contribution in [0.1, 0.15) is 22.9 Å². The van der Waals surface area contributed by atoms with Crippen LogP contribution in [0.4, 0.5) is 5.69 Å². The lowest BCUT2D eigenvalue weighted by Crippen LogP contribution is -2.33. The van der Waals surface area contributed by atoms with Crippen LogP contribution in [-0.2, 0) is 4.79 Å². The molecule has 0 fully saturated rings. The van der Waals surface area contributed by atoms with Gasteiger partial charge >= 0.3 is 0 Å². The number of nitro benzene ring substituents is 1. The van der Waals surface area contributed by atoms with Gasteiger partial charge in [-0.15, -0.1) is 0 Å². The van der Waals surface area contributed by atoms with Gasteiger partial charge in [0.1, 0.15) is 17.6 Å². The van der Waals surface area contributed by atoms with Crippen LogP contribution in [0.2, 0.25) is 0 Å². The molecule has 1 aromatic heterocycles. The van der Waals surface area contributed by atoms with Crippen molar-refractivity contribution in [3.63, 3.8) is 0 Å². The predicted octanol–water partition coefficient (Wildman–Crippen LogP) is 3.78. The van der Waals surface area contributed by atoms with Gasteiger partial charge in [0.2, 0.25) is 0 Å². The third-order valence-corrected chi connectivity index (χ3v) is 4.00. The minimum atomic E-state index is -0.459. The normalized spacial score (nSPS) is 11.6. The Balaban J connectivity index is 1.67. The highest BCUT2D eigenvalue weighted by molar-refractivity contribution is 5.78. The van der Waals surface area contributed by atoms with Crippen molar-refractivity contribution in [2.45, 2.75) is 13.0 Å². The highest BCUT2D eigenvalue weighted by Gasteiger charge is 2.19. The number of carbonyl (C=O) groups is 1. The molecule has 1 unspecified atom stereocenters. The Bertz CT molecular complexity index is 923. The summed E-state index contributed by atoms with van der Waals surface area (Å²) in [5.74, 6) is 0.666. The van der Waals surface area contributed by atoms with Crippen molar-refractivity contribution in [1.82, 2.24) is 5.32 Å². The van der Waals surface area contributed by atoms with Crippen LogP contribution >= 0.6 is 0 Å². The van der Waals surface area contributed by atoms with Gasteiger partial charge in [-0.3, -0.25) is 14.9 Å². The molecule has 7 nitrogen and oxygen atoms in total. The summed E-state index contributed by atoms with van der Waals surface area (Å²) in [5, 5.41) is 13.7. The lowest BCUT2D eigenvalue weighted by molar-refractivity contribution is -0.385. The number of nitrogens with zero attached hydrogens (tertiary/aromatic N) is 1. The number of hydrogen-bond acceptors (Lipinski definition) is 5. The van der Waals surface area contributed by atoms with E-state index in [0.29, 0.717) is 17.1 Å². The molecule has 0 saturated heterocycles. The second-order valence-electron chi connectivity index (χ2n) is 5.92. The Morgan fingerprint density at radius 1 is 1.19 bits per heavy atom. The molecule has 0 aliphatic carbocycles. The van der Waals surface area contributed by atoms with E-state index >= 15 is 0 Å². The van der Waals surface area contributed by atoms with Gasteiger partial charge in [-0.1, -0.05) is 30.3 Å². The smallest absolute Gasteiger partial charge is 0.272 e. The van der Waals surface area contributed by atoms with E-state index in [1.54, 1.807) is 25.3 Å². The summed E-state index contributed by atoms with van der Waals surface area (Å²) in [6.45, 7) is 1.40. The number of furan rings is 1. The number of hydrogen-bond donors (Lipinski definition) is 1. The van der Waals surface area contributed by atoms with Gasteiger partial charge in [-0.25, -0.2) is 0 Å². The fraction of sp³-hybridized carbons (Fsp3) is 0.150. The summed E-state index contributed by atoms with van der Waals surface area (Å²) in [6.07, 6.45) is 1.55. The third-order valence-electron chi connectivity index (χ3n) is 4.00. The van der Waals surface area contributed by atoms with Crippen LogP contribution < -0.4 is 10.1 Å². The molecule has 1 N–H and O–H groups in total. The molecule has 3 rings (SSSR count). The zero-order valence-corrected chi connectivity index (χ0v) is 14.6. The molecule has 2 aromatic carbocycles. The maximum atomic E-state index is 12.4. The highest BCUT2D eigenvalue weighted by atomic mass is 16.6. The molecule has 0 saturated carbocycles. The van der Waals surface area contributed by atoms with E-state index in [1.807, 2.05) is 30.3 Å². The maximum absolute atomic E-state index is 12.4. The maximum Gasteiger partial charge on any atom is 0.272 e. The molecule has 3 aromatic rings. The minimum absolute atomic E-state index is 0.00811. The summed E-state index contributed by atoms with van der Waals surface area (Å²) in [5.41, 5.74) is 1.36. The second-order valence-corrected chi connectivity index (χ2v) is 5.92. The number of nitrogens with one attached hydrogen (secondary N) is 1. The average Bonchev–Trinajstić information content (AvgIpc) is 3.19. The number of rotatable bonds is 7. The van der Waals surface area contributed by atoms with Crippen molar-refractivity contribution >= 4 is 11.6 Å². The molecule has 0 aliphatic rings. The monoisotopic (exact) mass is 366 g/mol. The lowest BCUT2D eigenvalue weighted by atomic mass is 10.0. The zero-order valence-electron chi connectivity index (χ0n) is 14.6. The summed E-state index contributed by atoms with van der Waals surface area (Å²) in [4.78, 5) is 22.8. The molecule has 1 amide bonds. The van der Waals surface area contributed by atoms with Gasteiger partial charge in [-0.2, -0.15) is 0 Å². The standard InChI is InChI=1S/C20H18N2O5/c1-14-12-16(9-10-17(14)22(24)25)27-13-19(23)21-20(18-8-5-11-26-18)15-6-3-2-4-7-15/h2-12,20H,13H2,1H3,(H,21,23). The first-order valence-electron chi connectivity index (χ1n) is 8.30. The van der Waals surface area contributed by atoms with E-state index in [1.165, 1.54) is 18.2 Å². The lowest BCUT2D eigenvalue weighted by Gasteiger charge is -2.17. The van der Waals surface area contributed by atoms with Crippen molar-refractivity contribution < 1.29 is 18.9 Å². The van der Waals surface area contributed by atoms with Crippen molar-refractivity contribution in [1.29, 1.82) is 0 Å². The Morgan fingerprint density at radius 2 is 1.96 bits per heavy atom. The molecule has 0 bridgehead atoms. The quantitative estimate of drug-likeness (QED) is 0.507.